The molecule has 1 aromatic rings. The van der Waals surface area contributed by atoms with E-state index >= 15 is 0 Å². The summed E-state index contributed by atoms with van der Waals surface area (Å²) in [7, 11) is -6.86. The molecule has 0 saturated carbocycles. The lowest BCUT2D eigenvalue weighted by molar-refractivity contribution is -0.120. The quantitative estimate of drug-likeness (QED) is 0.500. The Kier molecular flexibility index (Phi) is 6.14. The normalized spacial score (nSPS) is 17.1. The molecule has 0 aliphatic carbocycles. The summed E-state index contributed by atoms with van der Waals surface area (Å²) >= 11 is 0. The Hall–Kier alpha value is -1.98. The molecule has 138 valence electrons. The highest BCUT2D eigenvalue weighted by Gasteiger charge is 2.29. The standard InChI is InChI=1S/C14H20N4O5S2/c1-2-24(20,21)17-10-9-15-13(19)7-8-16-14-11-5-3-4-6-12(11)25(22,23)18-14/h3-6,17H,2,7-10H2,1H3,(H,15,19)(H,16,18). The van der Waals surface area contributed by atoms with Gasteiger partial charge < -0.3 is 5.32 Å². The molecule has 0 fully saturated rings. The maximum absolute atomic E-state index is 11.9. The average Bonchev–Trinajstić information content (AvgIpc) is 2.83. The van der Waals surface area contributed by atoms with Crippen LogP contribution < -0.4 is 14.8 Å². The monoisotopic (exact) mass is 388 g/mol. The predicted octanol–water partition coefficient (Wildman–Crippen LogP) is -0.829. The van der Waals surface area contributed by atoms with E-state index in [0.29, 0.717) is 5.56 Å². The molecular formula is C14H20N4O5S2. The third-order valence-corrected chi connectivity index (χ3v) is 6.22. The van der Waals surface area contributed by atoms with Gasteiger partial charge in [-0.3, -0.25) is 14.5 Å². The summed E-state index contributed by atoms with van der Waals surface area (Å²) in [6, 6.07) is 6.47. The molecule has 2 rings (SSSR count). The van der Waals surface area contributed by atoms with Crippen molar-refractivity contribution < 1.29 is 21.6 Å². The summed E-state index contributed by atoms with van der Waals surface area (Å²) in [5.41, 5.74) is 0.483. The van der Waals surface area contributed by atoms with Gasteiger partial charge in [0.2, 0.25) is 15.9 Å². The minimum absolute atomic E-state index is 0.0180. The maximum Gasteiger partial charge on any atom is 0.263 e. The number of fused-ring (bicyclic) bond motifs is 1. The molecule has 1 aliphatic rings. The van der Waals surface area contributed by atoms with Gasteiger partial charge in [-0.05, 0) is 19.1 Å². The Morgan fingerprint density at radius 3 is 2.68 bits per heavy atom. The van der Waals surface area contributed by atoms with Gasteiger partial charge in [-0.2, -0.15) is 0 Å². The molecule has 0 aromatic heterocycles. The molecule has 9 nitrogen and oxygen atoms in total. The topological polar surface area (TPSA) is 134 Å². The van der Waals surface area contributed by atoms with Crippen molar-refractivity contribution in [2.24, 2.45) is 4.99 Å². The Labute approximate surface area is 147 Å². The zero-order valence-electron chi connectivity index (χ0n) is 13.6. The van der Waals surface area contributed by atoms with Crippen LogP contribution in [-0.2, 0) is 24.8 Å². The molecule has 0 saturated heterocycles. The second-order valence-corrected chi connectivity index (χ2v) is 8.98. The molecule has 1 heterocycles. The van der Waals surface area contributed by atoms with E-state index in [1.165, 1.54) is 13.0 Å². The first-order valence-electron chi connectivity index (χ1n) is 7.66. The lowest BCUT2D eigenvalue weighted by Crippen LogP contribution is -2.35. The zero-order chi connectivity index (χ0) is 18.5. The molecule has 0 bridgehead atoms. The van der Waals surface area contributed by atoms with Crippen molar-refractivity contribution in [2.75, 3.05) is 25.4 Å². The molecule has 3 N–H and O–H groups in total. The number of hydrogen-bond donors (Lipinski definition) is 3. The number of hydrogen-bond acceptors (Lipinski definition) is 6. The van der Waals surface area contributed by atoms with E-state index in [-0.39, 0.29) is 48.4 Å². The van der Waals surface area contributed by atoms with Crippen molar-refractivity contribution >= 4 is 31.8 Å². The number of sulfonamides is 2. The first-order valence-corrected chi connectivity index (χ1v) is 10.8. The number of nitrogens with zero attached hydrogens (tertiary/aromatic N) is 1. The average molecular weight is 388 g/mol. The lowest BCUT2D eigenvalue weighted by atomic mass is 10.2. The van der Waals surface area contributed by atoms with E-state index in [1.807, 2.05) is 0 Å². The van der Waals surface area contributed by atoms with Crippen molar-refractivity contribution in [2.45, 2.75) is 18.2 Å². The minimum Gasteiger partial charge on any atom is -0.355 e. The first kappa shape index (κ1) is 19.3. The number of nitrogens with one attached hydrogen (secondary N) is 3. The number of rotatable bonds is 8. The fraction of sp³-hybridized carbons (Fsp3) is 0.429. The van der Waals surface area contributed by atoms with Crippen LogP contribution in [0.1, 0.15) is 18.9 Å². The van der Waals surface area contributed by atoms with Crippen molar-refractivity contribution in [1.82, 2.24) is 14.8 Å². The molecule has 0 radical (unpaired) electrons. The van der Waals surface area contributed by atoms with Crippen LogP contribution in [0.25, 0.3) is 0 Å². The summed E-state index contributed by atoms with van der Waals surface area (Å²) in [4.78, 5) is 16.0. The van der Waals surface area contributed by atoms with Gasteiger partial charge in [0.1, 0.15) is 5.84 Å². The molecule has 1 aromatic carbocycles. The van der Waals surface area contributed by atoms with Crippen LogP contribution >= 0.6 is 0 Å². The van der Waals surface area contributed by atoms with Gasteiger partial charge >= 0.3 is 0 Å². The molecule has 0 unspecified atom stereocenters. The van der Waals surface area contributed by atoms with E-state index in [2.05, 4.69) is 19.8 Å². The van der Waals surface area contributed by atoms with Crippen LogP contribution in [0.2, 0.25) is 0 Å². The fourth-order valence-electron chi connectivity index (χ4n) is 2.12. The van der Waals surface area contributed by atoms with Crippen molar-refractivity contribution in [3.05, 3.63) is 29.8 Å². The lowest BCUT2D eigenvalue weighted by Gasteiger charge is -2.06. The van der Waals surface area contributed by atoms with Crippen molar-refractivity contribution in [3.63, 3.8) is 0 Å². The summed E-state index contributed by atoms with van der Waals surface area (Å²) < 4.78 is 51.0. The molecule has 11 heteroatoms. The van der Waals surface area contributed by atoms with Crippen LogP contribution in [0.4, 0.5) is 0 Å². The van der Waals surface area contributed by atoms with E-state index in [9.17, 15) is 21.6 Å². The van der Waals surface area contributed by atoms with Gasteiger partial charge in [-0.1, -0.05) is 12.1 Å². The number of amides is 1. The molecule has 0 spiro atoms. The van der Waals surface area contributed by atoms with Gasteiger partial charge in [0.25, 0.3) is 10.0 Å². The van der Waals surface area contributed by atoms with E-state index in [0.717, 1.165) is 0 Å². The highest BCUT2D eigenvalue weighted by molar-refractivity contribution is 7.90. The Balaban J connectivity index is 1.81. The molecule has 1 aliphatic heterocycles. The number of aliphatic imine (C=N–C) groups is 1. The first-order chi connectivity index (χ1) is 11.7. The van der Waals surface area contributed by atoms with Crippen LogP contribution in [0.15, 0.2) is 34.2 Å². The van der Waals surface area contributed by atoms with Crippen molar-refractivity contribution in [1.29, 1.82) is 0 Å². The Bertz CT molecular complexity index is 878. The van der Waals surface area contributed by atoms with Gasteiger partial charge in [-0.25, -0.2) is 21.6 Å². The minimum atomic E-state index is -3.59. The SMILES string of the molecule is CCS(=O)(=O)NCCNC(=O)CCN=C1NS(=O)(=O)c2ccccc21. The van der Waals surface area contributed by atoms with Crippen LogP contribution in [0.5, 0.6) is 0 Å². The zero-order valence-corrected chi connectivity index (χ0v) is 15.3. The van der Waals surface area contributed by atoms with Gasteiger partial charge in [-0.15, -0.1) is 0 Å². The van der Waals surface area contributed by atoms with Crippen LogP contribution in [-0.4, -0.2) is 54.0 Å². The second kappa shape index (κ2) is 7.93. The largest absolute Gasteiger partial charge is 0.355 e. The fourth-order valence-corrected chi connectivity index (χ4v) is 3.99. The number of benzene rings is 1. The van der Waals surface area contributed by atoms with E-state index in [4.69, 9.17) is 0 Å². The molecular weight excluding hydrogens is 368 g/mol. The third-order valence-electron chi connectivity index (χ3n) is 3.42. The molecule has 1 amide bonds. The predicted molar refractivity (Wildman–Crippen MR) is 93.3 cm³/mol. The maximum atomic E-state index is 11.9. The highest BCUT2D eigenvalue weighted by atomic mass is 32.2. The van der Waals surface area contributed by atoms with Gasteiger partial charge in [0, 0.05) is 25.1 Å². The Morgan fingerprint density at radius 1 is 1.24 bits per heavy atom. The van der Waals surface area contributed by atoms with Crippen molar-refractivity contribution in [3.8, 4) is 0 Å². The van der Waals surface area contributed by atoms with Crippen LogP contribution in [0, 0.1) is 0 Å². The van der Waals surface area contributed by atoms with Gasteiger partial charge in [0.15, 0.2) is 0 Å². The number of carbonyl (C=O) groups is 1. The number of carbonyl (C=O) groups excluding carboxylic acids is 1. The molecule has 0 atom stereocenters. The second-order valence-electron chi connectivity index (χ2n) is 5.23. The van der Waals surface area contributed by atoms with E-state index < -0.39 is 20.0 Å². The summed E-state index contributed by atoms with van der Waals surface area (Å²) in [6.07, 6.45) is 0.0634. The van der Waals surface area contributed by atoms with Crippen LogP contribution in [0.3, 0.4) is 0 Å². The highest BCUT2D eigenvalue weighted by Crippen LogP contribution is 2.21. The molecule has 25 heavy (non-hydrogen) atoms. The Morgan fingerprint density at radius 2 is 1.96 bits per heavy atom. The number of amidine groups is 1. The van der Waals surface area contributed by atoms with Gasteiger partial charge in [0.05, 0.1) is 17.2 Å². The summed E-state index contributed by atoms with van der Waals surface area (Å²) in [5.74, 6) is -0.0937. The summed E-state index contributed by atoms with van der Waals surface area (Å²) in [5, 5.41) is 2.57. The smallest absolute Gasteiger partial charge is 0.263 e. The summed E-state index contributed by atoms with van der Waals surface area (Å²) in [6.45, 7) is 1.92. The van der Waals surface area contributed by atoms with E-state index in [1.54, 1.807) is 18.2 Å². The third kappa shape index (κ3) is 5.25.